The number of nitrogens with one attached hydrogen (secondary N) is 2. The van der Waals surface area contributed by atoms with Gasteiger partial charge in [-0.3, -0.25) is 4.79 Å². The van der Waals surface area contributed by atoms with Crippen molar-refractivity contribution in [2.75, 3.05) is 41.5 Å². The molecule has 0 aliphatic heterocycles. The lowest BCUT2D eigenvalue weighted by Gasteiger charge is -2.15. The smallest absolute Gasteiger partial charge is 0.407 e. The Balaban J connectivity index is 0.000000280. The number of ether oxygens (including phenoxy) is 6. The summed E-state index contributed by atoms with van der Waals surface area (Å²) in [5.41, 5.74) is 9.62. The first-order valence-corrected chi connectivity index (χ1v) is 16.9. The Labute approximate surface area is 305 Å². The molecule has 12 nitrogen and oxygen atoms in total. The standard InChI is InChI=1S/C20H26N2O4.C20H23NO5/c1-24-18-11-10-16(13-19(18)25-2)17(21)9-6-12-22-20(23)26-14-15-7-4-3-5-8-15;1-24-18-11-10-16(13-19(18)25-2)17(22)9-6-12-21-20(23)26-14-15-7-4-3-5-8-15/h3-5,7-8,10-11,13,17H,6,9,12,14,21H2,1-2H3,(H,22,23);3-5,7-8,10-11,13H,6,9,12,14H2,1-2H3,(H,21,23)/t17-;/m1./s1. The van der Waals surface area contributed by atoms with E-state index >= 15 is 0 Å². The summed E-state index contributed by atoms with van der Waals surface area (Å²) in [6.07, 6.45) is 1.40. The number of rotatable bonds is 18. The van der Waals surface area contributed by atoms with Crippen molar-refractivity contribution in [3.63, 3.8) is 0 Å². The number of ketones is 1. The minimum atomic E-state index is -0.493. The Morgan fingerprint density at radius 3 is 1.60 bits per heavy atom. The molecule has 0 heterocycles. The third-order valence-corrected chi connectivity index (χ3v) is 7.78. The van der Waals surface area contributed by atoms with E-state index in [0.717, 1.165) is 29.5 Å². The summed E-state index contributed by atoms with van der Waals surface area (Å²) in [6.45, 7) is 1.36. The van der Waals surface area contributed by atoms with Crippen LogP contribution in [0.1, 0.15) is 58.8 Å². The number of methoxy groups -OCH3 is 4. The number of amides is 2. The molecule has 0 aromatic heterocycles. The Hall–Kier alpha value is -5.75. The van der Waals surface area contributed by atoms with Crippen LogP contribution in [0.15, 0.2) is 97.1 Å². The molecule has 4 aromatic carbocycles. The highest BCUT2D eigenvalue weighted by molar-refractivity contribution is 5.96. The second kappa shape index (κ2) is 22.9. The van der Waals surface area contributed by atoms with Crippen molar-refractivity contribution in [3.8, 4) is 23.0 Å². The van der Waals surface area contributed by atoms with Gasteiger partial charge in [0.05, 0.1) is 28.4 Å². The van der Waals surface area contributed by atoms with Gasteiger partial charge < -0.3 is 44.8 Å². The topological polar surface area (TPSA) is 157 Å². The van der Waals surface area contributed by atoms with Crippen LogP contribution < -0.4 is 35.3 Å². The van der Waals surface area contributed by atoms with Crippen LogP contribution in [0.25, 0.3) is 0 Å². The molecule has 1 atom stereocenters. The Kier molecular flexibility index (Phi) is 17.9. The fraction of sp³-hybridized carbons (Fsp3) is 0.325. The van der Waals surface area contributed by atoms with Crippen LogP contribution in [0.3, 0.4) is 0 Å². The Bertz CT molecular complexity index is 1670. The van der Waals surface area contributed by atoms with Crippen LogP contribution >= 0.6 is 0 Å². The van der Waals surface area contributed by atoms with Gasteiger partial charge in [0.1, 0.15) is 13.2 Å². The highest BCUT2D eigenvalue weighted by atomic mass is 16.6. The van der Waals surface area contributed by atoms with Crippen LogP contribution in [-0.4, -0.2) is 59.5 Å². The van der Waals surface area contributed by atoms with Gasteiger partial charge >= 0.3 is 12.2 Å². The van der Waals surface area contributed by atoms with Crippen LogP contribution in [0, 0.1) is 0 Å². The second-order valence-electron chi connectivity index (χ2n) is 11.4. The largest absolute Gasteiger partial charge is 0.493 e. The van der Waals surface area contributed by atoms with Crippen molar-refractivity contribution in [3.05, 3.63) is 119 Å². The molecule has 0 unspecified atom stereocenters. The zero-order valence-corrected chi connectivity index (χ0v) is 30.2. The number of carbonyl (C=O) groups excluding carboxylic acids is 3. The maximum Gasteiger partial charge on any atom is 0.407 e. The minimum Gasteiger partial charge on any atom is -0.493 e. The molecule has 0 bridgehead atoms. The SMILES string of the molecule is COc1ccc(C(=O)CCCNC(=O)OCc2ccccc2)cc1OC.COc1ccc([C@H](N)CCCNC(=O)OCc2ccccc2)cc1OC. The molecular weight excluding hydrogens is 666 g/mol. The monoisotopic (exact) mass is 715 g/mol. The molecule has 52 heavy (non-hydrogen) atoms. The molecular formula is C40H49N3O9. The third kappa shape index (κ3) is 14.2. The first-order chi connectivity index (χ1) is 25.3. The summed E-state index contributed by atoms with van der Waals surface area (Å²) >= 11 is 0. The number of benzene rings is 4. The minimum absolute atomic E-state index is 0.0228. The van der Waals surface area contributed by atoms with E-state index in [0.29, 0.717) is 54.5 Å². The summed E-state index contributed by atoms with van der Waals surface area (Å²) < 4.78 is 31.1. The quantitative estimate of drug-likeness (QED) is 0.0724. The van der Waals surface area contributed by atoms with Crippen LogP contribution in [0.2, 0.25) is 0 Å². The normalized spacial score (nSPS) is 10.8. The van der Waals surface area contributed by atoms with Gasteiger partial charge in [-0.2, -0.15) is 0 Å². The van der Waals surface area contributed by atoms with Crippen molar-refractivity contribution in [2.45, 2.75) is 44.9 Å². The van der Waals surface area contributed by atoms with E-state index in [2.05, 4.69) is 10.6 Å². The van der Waals surface area contributed by atoms with E-state index < -0.39 is 12.2 Å². The Morgan fingerprint density at radius 1 is 0.596 bits per heavy atom. The molecule has 0 radical (unpaired) electrons. The average molecular weight is 716 g/mol. The molecule has 12 heteroatoms. The van der Waals surface area contributed by atoms with Crippen LogP contribution in [0.4, 0.5) is 9.59 Å². The molecule has 0 spiro atoms. The lowest BCUT2D eigenvalue weighted by atomic mass is 10.0. The third-order valence-electron chi connectivity index (χ3n) is 7.78. The molecule has 0 saturated carbocycles. The molecule has 0 fully saturated rings. The molecule has 278 valence electrons. The van der Waals surface area contributed by atoms with E-state index in [-0.39, 0.29) is 25.0 Å². The molecule has 2 amide bonds. The summed E-state index contributed by atoms with van der Waals surface area (Å²) in [5.74, 6) is 2.40. The van der Waals surface area contributed by atoms with Gasteiger partial charge in [0.2, 0.25) is 0 Å². The summed E-state index contributed by atoms with van der Waals surface area (Å²) in [4.78, 5) is 35.6. The maximum absolute atomic E-state index is 12.2. The molecule has 4 N–H and O–H groups in total. The van der Waals surface area contributed by atoms with Gasteiger partial charge in [0.15, 0.2) is 28.8 Å². The molecule has 4 aromatic rings. The summed E-state index contributed by atoms with van der Waals surface area (Å²) in [7, 11) is 6.26. The van der Waals surface area contributed by atoms with Crippen molar-refractivity contribution in [1.29, 1.82) is 0 Å². The van der Waals surface area contributed by atoms with Gasteiger partial charge in [0.25, 0.3) is 0 Å². The molecule has 4 rings (SSSR count). The lowest BCUT2D eigenvalue weighted by molar-refractivity contribution is 0.0977. The van der Waals surface area contributed by atoms with Crippen molar-refractivity contribution in [2.24, 2.45) is 5.73 Å². The van der Waals surface area contributed by atoms with Gasteiger partial charge in [-0.1, -0.05) is 66.7 Å². The van der Waals surface area contributed by atoms with E-state index in [4.69, 9.17) is 34.2 Å². The van der Waals surface area contributed by atoms with Gasteiger partial charge in [0, 0.05) is 31.1 Å². The van der Waals surface area contributed by atoms with E-state index in [1.54, 1.807) is 39.5 Å². The van der Waals surface area contributed by atoms with Gasteiger partial charge in [-0.15, -0.1) is 0 Å². The summed E-state index contributed by atoms with van der Waals surface area (Å²) in [6, 6.07) is 29.6. The molecule has 0 aliphatic rings. The second-order valence-corrected chi connectivity index (χ2v) is 11.4. The lowest BCUT2D eigenvalue weighted by Crippen LogP contribution is -2.26. The number of Topliss-reactive ketones (excluding diaryl/α,β-unsaturated/α-hetero) is 1. The van der Waals surface area contributed by atoms with E-state index in [9.17, 15) is 14.4 Å². The van der Waals surface area contributed by atoms with Crippen molar-refractivity contribution < 1.29 is 42.8 Å². The first kappa shape index (κ1) is 40.7. The zero-order chi connectivity index (χ0) is 37.6. The predicted molar refractivity (Wildman–Crippen MR) is 198 cm³/mol. The number of nitrogens with two attached hydrogens (primary N) is 1. The van der Waals surface area contributed by atoms with Crippen LogP contribution in [0.5, 0.6) is 23.0 Å². The van der Waals surface area contributed by atoms with Gasteiger partial charge in [-0.25, -0.2) is 9.59 Å². The highest BCUT2D eigenvalue weighted by Gasteiger charge is 2.13. The van der Waals surface area contributed by atoms with Crippen molar-refractivity contribution >= 4 is 18.0 Å². The average Bonchev–Trinajstić information content (AvgIpc) is 3.19. The van der Waals surface area contributed by atoms with E-state index in [1.165, 1.54) is 7.11 Å². The number of carbonyl (C=O) groups is 3. The van der Waals surface area contributed by atoms with Crippen molar-refractivity contribution in [1.82, 2.24) is 10.6 Å². The maximum atomic E-state index is 12.2. The fourth-order valence-electron chi connectivity index (χ4n) is 4.90. The summed E-state index contributed by atoms with van der Waals surface area (Å²) in [5, 5.41) is 5.38. The molecule has 0 saturated heterocycles. The van der Waals surface area contributed by atoms with E-state index in [1.807, 2.05) is 78.9 Å². The predicted octanol–water partition coefficient (Wildman–Crippen LogP) is 7.00. The first-order valence-electron chi connectivity index (χ1n) is 16.9. The fourth-order valence-corrected chi connectivity index (χ4v) is 4.90. The number of hydrogen-bond acceptors (Lipinski definition) is 10. The molecule has 0 aliphatic carbocycles. The number of alkyl carbamates (subject to hydrolysis) is 2. The van der Waals surface area contributed by atoms with Crippen LogP contribution in [-0.2, 0) is 22.7 Å². The Morgan fingerprint density at radius 2 is 1.08 bits per heavy atom. The highest BCUT2D eigenvalue weighted by Crippen LogP contribution is 2.30. The zero-order valence-electron chi connectivity index (χ0n) is 30.2. The van der Waals surface area contributed by atoms with Gasteiger partial charge in [-0.05, 0) is 66.3 Å². The number of hydrogen-bond donors (Lipinski definition) is 3.